The Balaban J connectivity index is 1.82. The monoisotopic (exact) mass is 271 g/mol. The lowest BCUT2D eigenvalue weighted by Crippen LogP contribution is -2.43. The highest BCUT2D eigenvalue weighted by Crippen LogP contribution is 2.46. The summed E-state index contributed by atoms with van der Waals surface area (Å²) >= 11 is 0. The van der Waals surface area contributed by atoms with E-state index in [2.05, 4.69) is 50.4 Å². The maximum atomic E-state index is 4.07. The normalized spacial score (nSPS) is 32.0. The number of rotatable bonds is 3. The molecule has 0 heterocycles. The second-order valence-corrected chi connectivity index (χ2v) is 7.52. The van der Waals surface area contributed by atoms with Crippen LogP contribution in [0.25, 0.3) is 0 Å². The Morgan fingerprint density at radius 2 is 1.90 bits per heavy atom. The summed E-state index contributed by atoms with van der Waals surface area (Å²) in [6.45, 7) is 7.21. The first-order valence-corrected chi connectivity index (χ1v) is 8.45. The summed E-state index contributed by atoms with van der Waals surface area (Å²) in [5, 5.41) is 4.07. The smallest absolute Gasteiger partial charge is 0.0380 e. The van der Waals surface area contributed by atoms with E-state index >= 15 is 0 Å². The number of benzene rings is 1. The fourth-order valence-corrected chi connectivity index (χ4v) is 4.44. The zero-order valence-corrected chi connectivity index (χ0v) is 13.3. The van der Waals surface area contributed by atoms with Crippen molar-refractivity contribution in [3.63, 3.8) is 0 Å². The molecular formula is C19H29N. The van der Waals surface area contributed by atoms with Gasteiger partial charge in [-0.2, -0.15) is 0 Å². The molecule has 1 aromatic carbocycles. The molecule has 3 unspecified atom stereocenters. The van der Waals surface area contributed by atoms with Gasteiger partial charge in [0.25, 0.3) is 0 Å². The SMILES string of the molecule is CCC1CCCCC1NC1c2ccccc2CC1(C)C. The molecule has 1 nitrogen and oxygen atoms in total. The zero-order chi connectivity index (χ0) is 14.2. The third kappa shape index (κ3) is 2.53. The molecule has 1 aromatic rings. The third-order valence-corrected chi connectivity index (χ3v) is 5.61. The maximum Gasteiger partial charge on any atom is 0.0380 e. The van der Waals surface area contributed by atoms with Crippen molar-refractivity contribution in [3.05, 3.63) is 35.4 Å². The van der Waals surface area contributed by atoms with Gasteiger partial charge in [-0.1, -0.05) is 64.3 Å². The van der Waals surface area contributed by atoms with Crippen LogP contribution in [0, 0.1) is 11.3 Å². The van der Waals surface area contributed by atoms with Gasteiger partial charge in [0.15, 0.2) is 0 Å². The summed E-state index contributed by atoms with van der Waals surface area (Å²) < 4.78 is 0. The average Bonchev–Trinajstić information content (AvgIpc) is 2.70. The molecule has 0 saturated heterocycles. The molecule has 20 heavy (non-hydrogen) atoms. The molecule has 1 N–H and O–H groups in total. The van der Waals surface area contributed by atoms with Gasteiger partial charge in [-0.15, -0.1) is 0 Å². The summed E-state index contributed by atoms with van der Waals surface area (Å²) in [6.07, 6.45) is 8.16. The second kappa shape index (κ2) is 5.52. The first-order valence-electron chi connectivity index (χ1n) is 8.45. The van der Waals surface area contributed by atoms with E-state index in [-0.39, 0.29) is 0 Å². The average molecular weight is 271 g/mol. The van der Waals surface area contributed by atoms with Crippen molar-refractivity contribution in [2.75, 3.05) is 0 Å². The van der Waals surface area contributed by atoms with E-state index in [9.17, 15) is 0 Å². The van der Waals surface area contributed by atoms with Crippen molar-refractivity contribution < 1.29 is 0 Å². The molecule has 0 aromatic heterocycles. The Bertz CT molecular complexity index is 463. The van der Waals surface area contributed by atoms with Gasteiger partial charge in [0.05, 0.1) is 0 Å². The quantitative estimate of drug-likeness (QED) is 0.827. The van der Waals surface area contributed by atoms with Crippen molar-refractivity contribution in [3.8, 4) is 0 Å². The number of nitrogens with one attached hydrogen (secondary N) is 1. The van der Waals surface area contributed by atoms with E-state index in [4.69, 9.17) is 0 Å². The predicted octanol–water partition coefficient (Wildman–Crippen LogP) is 4.87. The van der Waals surface area contributed by atoms with Crippen molar-refractivity contribution in [1.29, 1.82) is 0 Å². The van der Waals surface area contributed by atoms with Gasteiger partial charge in [0.1, 0.15) is 0 Å². The summed E-state index contributed by atoms with van der Waals surface area (Å²) in [6, 6.07) is 10.3. The highest BCUT2D eigenvalue weighted by molar-refractivity contribution is 5.37. The Morgan fingerprint density at radius 1 is 1.15 bits per heavy atom. The Morgan fingerprint density at radius 3 is 2.70 bits per heavy atom. The summed E-state index contributed by atoms with van der Waals surface area (Å²) in [5.41, 5.74) is 3.45. The topological polar surface area (TPSA) is 12.0 Å². The van der Waals surface area contributed by atoms with Crippen molar-refractivity contribution in [2.24, 2.45) is 11.3 Å². The minimum absolute atomic E-state index is 0.347. The Hall–Kier alpha value is -0.820. The fourth-order valence-electron chi connectivity index (χ4n) is 4.44. The second-order valence-electron chi connectivity index (χ2n) is 7.52. The van der Waals surface area contributed by atoms with E-state index in [0.29, 0.717) is 11.5 Å². The minimum Gasteiger partial charge on any atom is -0.306 e. The van der Waals surface area contributed by atoms with Crippen LogP contribution in [-0.4, -0.2) is 6.04 Å². The van der Waals surface area contributed by atoms with Crippen molar-refractivity contribution in [1.82, 2.24) is 5.32 Å². The van der Waals surface area contributed by atoms with Crippen LogP contribution < -0.4 is 5.32 Å². The summed E-state index contributed by atoms with van der Waals surface area (Å²) in [7, 11) is 0. The molecular weight excluding hydrogens is 242 g/mol. The fraction of sp³-hybridized carbons (Fsp3) is 0.684. The summed E-state index contributed by atoms with van der Waals surface area (Å²) in [5.74, 6) is 0.882. The molecule has 0 spiro atoms. The highest BCUT2D eigenvalue weighted by Gasteiger charge is 2.40. The van der Waals surface area contributed by atoms with Crippen LogP contribution in [0.5, 0.6) is 0 Å². The molecule has 110 valence electrons. The van der Waals surface area contributed by atoms with Crippen LogP contribution in [0.1, 0.15) is 70.0 Å². The summed E-state index contributed by atoms with van der Waals surface area (Å²) in [4.78, 5) is 0. The van der Waals surface area contributed by atoms with Gasteiger partial charge in [-0.3, -0.25) is 0 Å². The molecule has 1 heteroatoms. The van der Waals surface area contributed by atoms with E-state index in [1.54, 1.807) is 11.1 Å². The van der Waals surface area contributed by atoms with E-state index in [0.717, 1.165) is 12.0 Å². The Labute approximate surface area is 124 Å². The lowest BCUT2D eigenvalue weighted by molar-refractivity contribution is 0.182. The van der Waals surface area contributed by atoms with Crippen LogP contribution in [0.2, 0.25) is 0 Å². The van der Waals surface area contributed by atoms with E-state index < -0.39 is 0 Å². The molecule has 0 bridgehead atoms. The van der Waals surface area contributed by atoms with E-state index in [1.165, 1.54) is 38.5 Å². The first-order chi connectivity index (χ1) is 9.62. The lowest BCUT2D eigenvalue weighted by Gasteiger charge is -2.38. The molecule has 2 aliphatic rings. The van der Waals surface area contributed by atoms with Crippen LogP contribution >= 0.6 is 0 Å². The molecule has 0 amide bonds. The highest BCUT2D eigenvalue weighted by atomic mass is 15.0. The van der Waals surface area contributed by atoms with Crippen LogP contribution in [-0.2, 0) is 6.42 Å². The van der Waals surface area contributed by atoms with Gasteiger partial charge in [0, 0.05) is 12.1 Å². The van der Waals surface area contributed by atoms with Gasteiger partial charge >= 0.3 is 0 Å². The lowest BCUT2D eigenvalue weighted by atomic mass is 9.79. The van der Waals surface area contributed by atoms with Gasteiger partial charge in [-0.25, -0.2) is 0 Å². The molecule has 3 rings (SSSR count). The zero-order valence-electron chi connectivity index (χ0n) is 13.3. The van der Waals surface area contributed by atoms with Crippen LogP contribution in [0.3, 0.4) is 0 Å². The number of hydrogen-bond acceptors (Lipinski definition) is 1. The maximum absolute atomic E-state index is 4.07. The van der Waals surface area contributed by atoms with Gasteiger partial charge < -0.3 is 5.32 Å². The van der Waals surface area contributed by atoms with Gasteiger partial charge in [-0.05, 0) is 41.7 Å². The van der Waals surface area contributed by atoms with Gasteiger partial charge in [0.2, 0.25) is 0 Å². The Kier molecular flexibility index (Phi) is 3.90. The minimum atomic E-state index is 0.347. The predicted molar refractivity (Wildman–Crippen MR) is 85.8 cm³/mol. The molecule has 0 aliphatic heterocycles. The van der Waals surface area contributed by atoms with Crippen LogP contribution in [0.15, 0.2) is 24.3 Å². The molecule has 2 aliphatic carbocycles. The molecule has 0 radical (unpaired) electrons. The van der Waals surface area contributed by atoms with Crippen LogP contribution in [0.4, 0.5) is 0 Å². The molecule has 1 fully saturated rings. The van der Waals surface area contributed by atoms with Crippen molar-refractivity contribution in [2.45, 2.75) is 71.4 Å². The van der Waals surface area contributed by atoms with E-state index in [1.807, 2.05) is 0 Å². The number of fused-ring (bicyclic) bond motifs is 1. The van der Waals surface area contributed by atoms with Crippen molar-refractivity contribution >= 4 is 0 Å². The first kappa shape index (κ1) is 14.1. The molecule has 3 atom stereocenters. The third-order valence-electron chi connectivity index (χ3n) is 5.61. The number of hydrogen-bond donors (Lipinski definition) is 1. The largest absolute Gasteiger partial charge is 0.306 e. The molecule has 1 saturated carbocycles. The standard InChI is InChI=1S/C19H29N/c1-4-14-9-6-8-12-17(14)20-18-16-11-7-5-10-15(16)13-19(18,2)3/h5,7,10-11,14,17-18,20H,4,6,8-9,12-13H2,1-3H3.